The number of urea groups is 2. The molecule has 0 aliphatic carbocycles. The number of hydrogen-bond donors (Lipinski definition) is 1. The van der Waals surface area contributed by atoms with Gasteiger partial charge in [-0.05, 0) is 37.1 Å². The maximum Gasteiger partial charge on any atom is 0.337 e. The van der Waals surface area contributed by atoms with Crippen LogP contribution >= 0.6 is 0 Å². The van der Waals surface area contributed by atoms with Crippen molar-refractivity contribution in [2.75, 3.05) is 75.9 Å². The van der Waals surface area contributed by atoms with E-state index >= 15 is 0 Å². The summed E-state index contributed by atoms with van der Waals surface area (Å²) in [7, 11) is -4.70. The zero-order valence-corrected chi connectivity index (χ0v) is 29.3. The Kier molecular flexibility index (Phi) is 13.9. The predicted octanol–water partition coefficient (Wildman–Crippen LogP) is 1.65. The quantitative estimate of drug-likeness (QED) is 0.297. The highest BCUT2D eigenvalue weighted by molar-refractivity contribution is 7.91. The first-order valence-electron chi connectivity index (χ1n) is 15.7. The van der Waals surface area contributed by atoms with Crippen LogP contribution in [0.5, 0.6) is 0 Å². The van der Waals surface area contributed by atoms with Crippen LogP contribution in [0.25, 0.3) is 0 Å². The summed E-state index contributed by atoms with van der Waals surface area (Å²) in [6, 6.07) is 13.6. The highest BCUT2D eigenvalue weighted by Gasteiger charge is 2.29. The highest BCUT2D eigenvalue weighted by atomic mass is 32.2. The van der Waals surface area contributed by atoms with Crippen LogP contribution in [-0.4, -0.2) is 136 Å². The molecule has 4 rings (SSSR count). The maximum absolute atomic E-state index is 12.6. The van der Waals surface area contributed by atoms with E-state index in [1.54, 1.807) is 68.1 Å². The van der Waals surface area contributed by atoms with Gasteiger partial charge in [0.2, 0.25) is 0 Å². The summed E-state index contributed by atoms with van der Waals surface area (Å²) in [4.78, 5) is 54.5. The van der Waals surface area contributed by atoms with E-state index in [0.717, 1.165) is 11.1 Å². The van der Waals surface area contributed by atoms with Crippen LogP contribution in [0.2, 0.25) is 0 Å². The second-order valence-corrected chi connectivity index (χ2v) is 16.0. The highest BCUT2D eigenvalue weighted by Crippen LogP contribution is 2.14. The summed E-state index contributed by atoms with van der Waals surface area (Å²) in [6.45, 7) is 6.52. The van der Waals surface area contributed by atoms with Gasteiger partial charge in [0.15, 0.2) is 25.5 Å². The van der Waals surface area contributed by atoms with Crippen molar-refractivity contribution in [3.05, 3.63) is 70.8 Å². The molecule has 16 heteroatoms. The SMILES string of the molecule is CCN(Cc1ccc(C(=O)CN)cc1)C(=O)N1CCS(=O)(=O)CC1.CCN(Cc1ccc(C(=O)OC)cc1)C(=O)N1CCS(=O)(=O)CC1. The predicted molar refractivity (Wildman–Crippen MR) is 181 cm³/mol. The molecule has 0 aromatic heterocycles. The molecule has 14 nitrogen and oxygen atoms in total. The Morgan fingerprint density at radius 1 is 0.667 bits per heavy atom. The number of benzene rings is 2. The third kappa shape index (κ3) is 11.0. The van der Waals surface area contributed by atoms with E-state index in [9.17, 15) is 36.0 Å². The molecule has 0 unspecified atom stereocenters. The standard InChI is InChI=1S/C16H23N3O4S.C16H22N2O5S/c1-2-18(16(21)19-7-9-24(22,23)10-8-19)12-13-3-5-14(6-4-13)15(20)11-17;1-3-17(16(20)18-8-10-24(21,22)11-9-18)12-13-4-6-14(7-5-13)15(19)23-2/h3-6H,2,7-12,17H2,1H3;4-7H,3,8-12H2,1-2H3. The van der Waals surface area contributed by atoms with Gasteiger partial charge in [0, 0.05) is 57.9 Å². The number of ether oxygens (including phenoxy) is 1. The average Bonchev–Trinajstić information content (AvgIpc) is 3.09. The molecule has 0 radical (unpaired) electrons. The van der Waals surface area contributed by atoms with Gasteiger partial charge in [-0.15, -0.1) is 0 Å². The second kappa shape index (κ2) is 17.4. The van der Waals surface area contributed by atoms with E-state index in [1.165, 1.54) is 7.11 Å². The molecule has 2 heterocycles. The van der Waals surface area contributed by atoms with Gasteiger partial charge in [-0.2, -0.15) is 0 Å². The van der Waals surface area contributed by atoms with Crippen LogP contribution < -0.4 is 5.73 Å². The number of ketones is 1. The van der Waals surface area contributed by atoms with Gasteiger partial charge in [-0.25, -0.2) is 31.2 Å². The number of rotatable bonds is 9. The Bertz CT molecular complexity index is 1500. The van der Waals surface area contributed by atoms with Crippen molar-refractivity contribution in [2.24, 2.45) is 5.73 Å². The third-order valence-electron chi connectivity index (χ3n) is 8.12. The fourth-order valence-corrected chi connectivity index (χ4v) is 7.46. The number of carbonyl (C=O) groups excluding carboxylic acids is 4. The fourth-order valence-electron chi connectivity index (χ4n) is 5.06. The molecule has 2 aromatic rings. The van der Waals surface area contributed by atoms with Crippen molar-refractivity contribution in [1.82, 2.24) is 19.6 Å². The summed E-state index contributed by atoms with van der Waals surface area (Å²) < 4.78 is 50.5. The molecule has 2 aliphatic heterocycles. The molecule has 264 valence electrons. The van der Waals surface area contributed by atoms with Gasteiger partial charge in [0.25, 0.3) is 0 Å². The van der Waals surface area contributed by atoms with Crippen LogP contribution in [-0.2, 0) is 37.5 Å². The maximum atomic E-state index is 12.6. The van der Waals surface area contributed by atoms with Gasteiger partial charge in [0.1, 0.15) is 0 Å². The lowest BCUT2D eigenvalue weighted by Crippen LogP contribution is -2.49. The van der Waals surface area contributed by atoms with Crippen molar-refractivity contribution >= 4 is 43.5 Å². The Morgan fingerprint density at radius 2 is 1.02 bits per heavy atom. The van der Waals surface area contributed by atoms with E-state index in [2.05, 4.69) is 4.74 Å². The zero-order chi connectivity index (χ0) is 35.5. The first-order chi connectivity index (χ1) is 22.7. The van der Waals surface area contributed by atoms with Gasteiger partial charge in [-0.1, -0.05) is 36.4 Å². The van der Waals surface area contributed by atoms with E-state index < -0.39 is 25.6 Å². The molecule has 0 saturated carbocycles. The molecule has 2 fully saturated rings. The first-order valence-corrected chi connectivity index (χ1v) is 19.3. The van der Waals surface area contributed by atoms with Crippen molar-refractivity contribution in [3.63, 3.8) is 0 Å². The topological polar surface area (TPSA) is 185 Å². The molecule has 2 aliphatic rings. The van der Waals surface area contributed by atoms with Gasteiger partial charge < -0.3 is 30.1 Å². The molecule has 48 heavy (non-hydrogen) atoms. The number of carbonyl (C=O) groups is 4. The summed E-state index contributed by atoms with van der Waals surface area (Å²) in [5.41, 5.74) is 8.14. The molecule has 0 atom stereocenters. The van der Waals surface area contributed by atoms with E-state index in [4.69, 9.17) is 5.73 Å². The number of Topliss-reactive ketones (excluding diaryl/α,β-unsaturated/α-hetero) is 1. The average molecular weight is 708 g/mol. The number of esters is 1. The number of nitrogens with zero attached hydrogens (tertiary/aromatic N) is 4. The lowest BCUT2D eigenvalue weighted by Gasteiger charge is -2.32. The van der Waals surface area contributed by atoms with Gasteiger partial charge >= 0.3 is 18.0 Å². The smallest absolute Gasteiger partial charge is 0.337 e. The van der Waals surface area contributed by atoms with Crippen LogP contribution in [0.3, 0.4) is 0 Å². The molecular weight excluding hydrogens is 663 g/mol. The molecule has 4 amide bonds. The first kappa shape index (κ1) is 38.4. The van der Waals surface area contributed by atoms with Crippen LogP contribution in [0.15, 0.2) is 48.5 Å². The minimum absolute atomic E-state index is 0.0180. The number of methoxy groups -OCH3 is 1. The monoisotopic (exact) mass is 707 g/mol. The molecule has 2 saturated heterocycles. The van der Waals surface area contributed by atoms with Crippen molar-refractivity contribution in [3.8, 4) is 0 Å². The molecule has 2 aromatic carbocycles. The normalized spacial score (nSPS) is 16.6. The van der Waals surface area contributed by atoms with Gasteiger partial charge in [0.05, 0.1) is 42.2 Å². The molecule has 2 N–H and O–H groups in total. The van der Waals surface area contributed by atoms with E-state index in [1.807, 2.05) is 13.8 Å². The number of nitrogens with two attached hydrogens (primary N) is 1. The largest absolute Gasteiger partial charge is 0.465 e. The van der Waals surface area contributed by atoms with Crippen LogP contribution in [0.4, 0.5) is 9.59 Å². The summed E-state index contributed by atoms with van der Waals surface area (Å²) in [5.74, 6) is -0.453. The Morgan fingerprint density at radius 3 is 1.33 bits per heavy atom. The summed E-state index contributed by atoms with van der Waals surface area (Å²) >= 11 is 0. The lowest BCUT2D eigenvalue weighted by molar-refractivity contribution is 0.0600. The molecule has 0 spiro atoms. The number of amides is 4. The fraction of sp³-hybridized carbons (Fsp3) is 0.500. The third-order valence-corrected chi connectivity index (χ3v) is 11.3. The summed E-state index contributed by atoms with van der Waals surface area (Å²) in [6.07, 6.45) is 0. The number of sulfone groups is 2. The second-order valence-electron chi connectivity index (χ2n) is 11.4. The zero-order valence-electron chi connectivity index (χ0n) is 27.7. The Labute approximate surface area is 282 Å². The molecule has 0 bridgehead atoms. The molecular formula is C32H45N5O9S2. The van der Waals surface area contributed by atoms with Crippen molar-refractivity contribution in [2.45, 2.75) is 26.9 Å². The number of hydrogen-bond acceptors (Lipinski definition) is 10. The minimum Gasteiger partial charge on any atom is -0.465 e. The summed E-state index contributed by atoms with van der Waals surface area (Å²) in [5, 5.41) is 0. The van der Waals surface area contributed by atoms with E-state index in [0.29, 0.717) is 37.3 Å². The van der Waals surface area contributed by atoms with Crippen LogP contribution in [0.1, 0.15) is 45.7 Å². The Balaban J connectivity index is 0.000000260. The minimum atomic E-state index is -3.01. The van der Waals surface area contributed by atoms with Crippen molar-refractivity contribution < 1.29 is 40.8 Å². The lowest BCUT2D eigenvalue weighted by atomic mass is 10.1. The Hall–Kier alpha value is -4.02. The van der Waals surface area contributed by atoms with Crippen LogP contribution in [0, 0.1) is 0 Å². The van der Waals surface area contributed by atoms with E-state index in [-0.39, 0.29) is 73.6 Å². The van der Waals surface area contributed by atoms with Crippen molar-refractivity contribution in [1.29, 1.82) is 0 Å². The van der Waals surface area contributed by atoms with Gasteiger partial charge in [-0.3, -0.25) is 4.79 Å².